The lowest BCUT2D eigenvalue weighted by molar-refractivity contribution is 0.363. The fourth-order valence-corrected chi connectivity index (χ4v) is 5.16. The van der Waals surface area contributed by atoms with Gasteiger partial charge in [-0.2, -0.15) is 0 Å². The van der Waals surface area contributed by atoms with Crippen LogP contribution >= 0.6 is 0 Å². The summed E-state index contributed by atoms with van der Waals surface area (Å²) >= 11 is 0. The van der Waals surface area contributed by atoms with E-state index in [0.29, 0.717) is 5.75 Å². The molecule has 21 heavy (non-hydrogen) atoms. The largest absolute Gasteiger partial charge is 0.496 e. The highest BCUT2D eigenvalue weighted by atomic mass is 32.2. The van der Waals surface area contributed by atoms with Gasteiger partial charge in [0, 0.05) is 11.6 Å². The monoisotopic (exact) mass is 311 g/mol. The van der Waals surface area contributed by atoms with Crippen molar-refractivity contribution in [3.63, 3.8) is 0 Å². The quantitative estimate of drug-likeness (QED) is 0.907. The van der Waals surface area contributed by atoms with E-state index in [-0.39, 0.29) is 17.7 Å². The molecule has 1 aliphatic heterocycles. The molecule has 0 saturated carbocycles. The summed E-state index contributed by atoms with van der Waals surface area (Å²) in [6.45, 7) is 6.96. The normalized spacial score (nSPS) is 22.2. The van der Waals surface area contributed by atoms with E-state index in [1.807, 2.05) is 19.9 Å². The number of ether oxygens (including phenoxy) is 1. The molecule has 1 aromatic carbocycles. The highest BCUT2D eigenvalue weighted by molar-refractivity contribution is 7.91. The molecule has 1 aliphatic rings. The second-order valence-corrected chi connectivity index (χ2v) is 8.12. The Labute approximate surface area is 127 Å². The van der Waals surface area contributed by atoms with Gasteiger partial charge in [0.15, 0.2) is 9.84 Å². The minimum absolute atomic E-state index is 0.0304. The molecule has 0 bridgehead atoms. The number of methoxy groups -OCH3 is 1. The maximum Gasteiger partial charge on any atom is 0.150 e. The van der Waals surface area contributed by atoms with Crippen LogP contribution in [0.3, 0.4) is 0 Å². The van der Waals surface area contributed by atoms with Crippen LogP contribution in [0.4, 0.5) is 0 Å². The van der Waals surface area contributed by atoms with Crippen molar-refractivity contribution < 1.29 is 13.2 Å². The van der Waals surface area contributed by atoms with Gasteiger partial charge in [0.2, 0.25) is 0 Å². The van der Waals surface area contributed by atoms with Crippen molar-refractivity contribution in [2.75, 3.05) is 25.2 Å². The van der Waals surface area contributed by atoms with E-state index in [1.165, 1.54) is 0 Å². The van der Waals surface area contributed by atoms with Gasteiger partial charge in [0.05, 0.1) is 18.6 Å². The van der Waals surface area contributed by atoms with Gasteiger partial charge in [-0.25, -0.2) is 8.42 Å². The van der Waals surface area contributed by atoms with E-state index >= 15 is 0 Å². The number of hydrogen-bond donors (Lipinski definition) is 1. The summed E-state index contributed by atoms with van der Waals surface area (Å²) < 4.78 is 29.2. The average Bonchev–Trinajstić information content (AvgIpc) is 2.76. The third kappa shape index (κ3) is 3.58. The minimum Gasteiger partial charge on any atom is -0.496 e. The molecule has 0 aliphatic carbocycles. The van der Waals surface area contributed by atoms with Crippen LogP contribution in [0.5, 0.6) is 5.75 Å². The molecule has 2 rings (SSSR count). The van der Waals surface area contributed by atoms with Crippen LogP contribution < -0.4 is 10.1 Å². The van der Waals surface area contributed by atoms with Gasteiger partial charge in [-0.05, 0) is 49.9 Å². The Morgan fingerprint density at radius 2 is 2.10 bits per heavy atom. The lowest BCUT2D eigenvalue weighted by atomic mass is 9.88. The first-order valence-electron chi connectivity index (χ1n) is 7.47. The molecule has 0 radical (unpaired) electrons. The maximum absolute atomic E-state index is 11.8. The van der Waals surface area contributed by atoms with E-state index < -0.39 is 9.84 Å². The zero-order chi connectivity index (χ0) is 15.6. The fourth-order valence-electron chi connectivity index (χ4n) is 3.32. The predicted molar refractivity (Wildman–Crippen MR) is 85.6 cm³/mol. The minimum atomic E-state index is -2.89. The summed E-state index contributed by atoms with van der Waals surface area (Å²) in [6, 6.07) is 4.18. The van der Waals surface area contributed by atoms with Gasteiger partial charge in [-0.1, -0.05) is 13.0 Å². The molecule has 1 N–H and O–H groups in total. The Balaban J connectivity index is 2.43. The Kier molecular flexibility index (Phi) is 4.94. The third-order valence-electron chi connectivity index (χ3n) is 4.19. The maximum atomic E-state index is 11.8. The molecule has 5 heteroatoms. The van der Waals surface area contributed by atoms with Crippen LogP contribution in [0.15, 0.2) is 12.1 Å². The fraction of sp³-hybridized carbons (Fsp3) is 0.625. The smallest absolute Gasteiger partial charge is 0.150 e. The number of aryl methyl sites for hydroxylation is 2. The molecule has 1 aromatic rings. The number of rotatable bonds is 5. The zero-order valence-electron chi connectivity index (χ0n) is 13.3. The van der Waals surface area contributed by atoms with Gasteiger partial charge in [-0.3, -0.25) is 0 Å². The summed E-state index contributed by atoms with van der Waals surface area (Å²) in [5, 5.41) is 3.47. The Morgan fingerprint density at radius 1 is 1.38 bits per heavy atom. The van der Waals surface area contributed by atoms with Crippen molar-refractivity contribution in [1.82, 2.24) is 5.32 Å². The topological polar surface area (TPSA) is 55.4 Å². The molecular weight excluding hydrogens is 286 g/mol. The summed E-state index contributed by atoms with van der Waals surface area (Å²) in [6.07, 6.45) is 0.719. The molecule has 0 spiro atoms. The molecular formula is C16H25NO3S. The summed E-state index contributed by atoms with van der Waals surface area (Å²) in [4.78, 5) is 0. The lowest BCUT2D eigenvalue weighted by Gasteiger charge is -2.27. The van der Waals surface area contributed by atoms with Crippen LogP contribution in [0.2, 0.25) is 0 Å². The first kappa shape index (κ1) is 16.3. The Morgan fingerprint density at radius 3 is 2.62 bits per heavy atom. The Hall–Kier alpha value is -1.07. The van der Waals surface area contributed by atoms with Crippen LogP contribution in [-0.4, -0.2) is 33.6 Å². The van der Waals surface area contributed by atoms with Crippen molar-refractivity contribution in [3.8, 4) is 5.75 Å². The number of sulfone groups is 1. The summed E-state index contributed by atoms with van der Waals surface area (Å²) in [5.41, 5.74) is 3.41. The van der Waals surface area contributed by atoms with E-state index in [0.717, 1.165) is 35.4 Å². The van der Waals surface area contributed by atoms with Crippen molar-refractivity contribution >= 4 is 9.84 Å². The lowest BCUT2D eigenvalue weighted by Crippen LogP contribution is -2.30. The molecule has 4 nitrogen and oxygen atoms in total. The standard InChI is InChI=1S/C16H25NO3S/c1-5-17-16(13-6-7-21(18,19)10-13)15-12(3)8-11(2)9-14(15)20-4/h8-9,13,16-17H,5-7,10H2,1-4H3. The van der Waals surface area contributed by atoms with E-state index in [1.54, 1.807) is 7.11 Å². The van der Waals surface area contributed by atoms with E-state index in [2.05, 4.69) is 18.3 Å². The van der Waals surface area contributed by atoms with E-state index in [9.17, 15) is 8.42 Å². The molecule has 0 aromatic heterocycles. The van der Waals surface area contributed by atoms with Crippen molar-refractivity contribution in [2.45, 2.75) is 33.2 Å². The summed E-state index contributed by atoms with van der Waals surface area (Å²) in [5.74, 6) is 1.53. The second kappa shape index (κ2) is 6.36. The highest BCUT2D eigenvalue weighted by Gasteiger charge is 2.35. The van der Waals surface area contributed by atoms with Gasteiger partial charge in [0.1, 0.15) is 5.75 Å². The number of benzene rings is 1. The van der Waals surface area contributed by atoms with Gasteiger partial charge < -0.3 is 10.1 Å². The number of nitrogens with one attached hydrogen (secondary N) is 1. The SMILES string of the molecule is CCNC(c1c(C)cc(C)cc1OC)C1CCS(=O)(=O)C1. The van der Waals surface area contributed by atoms with Crippen LogP contribution in [0.1, 0.15) is 36.1 Å². The van der Waals surface area contributed by atoms with Crippen molar-refractivity contribution in [3.05, 3.63) is 28.8 Å². The Bertz CT molecular complexity index is 610. The van der Waals surface area contributed by atoms with Gasteiger partial charge in [0.25, 0.3) is 0 Å². The third-order valence-corrected chi connectivity index (χ3v) is 5.98. The molecule has 2 unspecified atom stereocenters. The summed E-state index contributed by atoms with van der Waals surface area (Å²) in [7, 11) is -1.22. The zero-order valence-corrected chi connectivity index (χ0v) is 14.1. The van der Waals surface area contributed by atoms with Crippen LogP contribution in [-0.2, 0) is 9.84 Å². The first-order valence-corrected chi connectivity index (χ1v) is 9.29. The van der Waals surface area contributed by atoms with Crippen LogP contribution in [0, 0.1) is 19.8 Å². The van der Waals surface area contributed by atoms with Gasteiger partial charge >= 0.3 is 0 Å². The average molecular weight is 311 g/mol. The second-order valence-electron chi connectivity index (χ2n) is 5.90. The number of hydrogen-bond acceptors (Lipinski definition) is 4. The van der Waals surface area contributed by atoms with Gasteiger partial charge in [-0.15, -0.1) is 0 Å². The molecule has 1 fully saturated rings. The first-order chi connectivity index (χ1) is 9.88. The molecule has 1 heterocycles. The predicted octanol–water partition coefficient (Wildman–Crippen LogP) is 2.40. The molecule has 0 amide bonds. The molecule has 2 atom stereocenters. The molecule has 118 valence electrons. The van der Waals surface area contributed by atoms with Crippen LogP contribution in [0.25, 0.3) is 0 Å². The van der Waals surface area contributed by atoms with Crippen molar-refractivity contribution in [1.29, 1.82) is 0 Å². The highest BCUT2D eigenvalue weighted by Crippen LogP contribution is 2.38. The molecule has 1 saturated heterocycles. The van der Waals surface area contributed by atoms with E-state index in [4.69, 9.17) is 4.74 Å². The van der Waals surface area contributed by atoms with Crippen molar-refractivity contribution in [2.24, 2.45) is 5.92 Å².